The fraction of sp³-hybridized carbons (Fsp3) is 0.625. The molecule has 1 saturated carbocycles. The summed E-state index contributed by atoms with van der Waals surface area (Å²) in [6.07, 6.45) is 3.96. The highest BCUT2D eigenvalue weighted by Gasteiger charge is 2.30. The normalized spacial score (nSPS) is 18.6. The van der Waals surface area contributed by atoms with Gasteiger partial charge in [0, 0.05) is 17.1 Å². The molecule has 1 fully saturated rings. The average Bonchev–Trinajstić information content (AvgIpc) is 3.24. The maximum absolute atomic E-state index is 5.94. The summed E-state index contributed by atoms with van der Waals surface area (Å²) in [5.74, 6) is 0.938. The van der Waals surface area contributed by atoms with E-state index in [1.165, 1.54) is 18.4 Å². The molecule has 0 amide bonds. The first kappa shape index (κ1) is 14.8. The van der Waals surface area contributed by atoms with Crippen molar-refractivity contribution in [1.29, 1.82) is 0 Å². The van der Waals surface area contributed by atoms with E-state index in [0.717, 1.165) is 29.9 Å². The quantitative estimate of drug-likeness (QED) is 0.819. The van der Waals surface area contributed by atoms with Crippen LogP contribution in [0.25, 0.3) is 0 Å². The zero-order chi connectivity index (χ0) is 13.8. The Kier molecular flexibility index (Phi) is 5.26. The van der Waals surface area contributed by atoms with Gasteiger partial charge in [-0.3, -0.25) is 0 Å². The summed E-state index contributed by atoms with van der Waals surface area (Å²) in [6, 6.07) is 9.31. The van der Waals surface area contributed by atoms with Gasteiger partial charge in [0.05, 0.1) is 0 Å². The van der Waals surface area contributed by atoms with Crippen molar-refractivity contribution in [2.24, 2.45) is 5.92 Å². The van der Waals surface area contributed by atoms with E-state index >= 15 is 0 Å². The second kappa shape index (κ2) is 6.74. The number of nitrogens with zero attached hydrogens (tertiary/aromatic N) is 1. The summed E-state index contributed by atoms with van der Waals surface area (Å²) < 4.78 is 0. The number of benzene rings is 1. The fourth-order valence-electron chi connectivity index (χ4n) is 2.65. The summed E-state index contributed by atoms with van der Waals surface area (Å²) in [6.45, 7) is 3.49. The van der Waals surface area contributed by atoms with Crippen LogP contribution in [0.15, 0.2) is 24.3 Å². The molecular weight excluding hydrogens is 256 g/mol. The molecule has 2 rings (SSSR count). The van der Waals surface area contributed by atoms with E-state index in [2.05, 4.69) is 36.3 Å². The van der Waals surface area contributed by atoms with Gasteiger partial charge in [-0.15, -0.1) is 0 Å². The Balaban J connectivity index is 1.86. The van der Waals surface area contributed by atoms with Crippen molar-refractivity contribution < 1.29 is 0 Å². The van der Waals surface area contributed by atoms with Crippen molar-refractivity contribution in [3.05, 3.63) is 34.9 Å². The van der Waals surface area contributed by atoms with Crippen LogP contribution in [-0.4, -0.2) is 31.6 Å². The molecule has 2 unspecified atom stereocenters. The molecule has 0 radical (unpaired) electrons. The second-order valence-electron chi connectivity index (χ2n) is 5.74. The first-order valence-corrected chi connectivity index (χ1v) is 7.62. The van der Waals surface area contributed by atoms with Gasteiger partial charge in [-0.25, -0.2) is 0 Å². The molecule has 1 aliphatic rings. The lowest BCUT2D eigenvalue weighted by Gasteiger charge is -2.27. The molecule has 1 aromatic rings. The van der Waals surface area contributed by atoms with Crippen molar-refractivity contribution in [2.75, 3.05) is 20.6 Å². The molecule has 1 aromatic carbocycles. The summed E-state index contributed by atoms with van der Waals surface area (Å²) in [5.41, 5.74) is 1.32. The van der Waals surface area contributed by atoms with Crippen molar-refractivity contribution >= 4 is 11.6 Å². The minimum absolute atomic E-state index is 0.408. The Bertz CT molecular complexity index is 386. The predicted octanol–water partition coefficient (Wildman–Crippen LogP) is 3.72. The van der Waals surface area contributed by atoms with Gasteiger partial charge in [-0.05, 0) is 70.4 Å². The number of halogens is 1. The van der Waals surface area contributed by atoms with Gasteiger partial charge in [0.1, 0.15) is 0 Å². The van der Waals surface area contributed by atoms with Crippen LogP contribution in [0.1, 0.15) is 37.8 Å². The van der Waals surface area contributed by atoms with Crippen LogP contribution in [0.3, 0.4) is 0 Å². The molecule has 3 heteroatoms. The molecule has 0 spiro atoms. The van der Waals surface area contributed by atoms with Gasteiger partial charge in [0.15, 0.2) is 0 Å². The van der Waals surface area contributed by atoms with E-state index in [9.17, 15) is 0 Å². The van der Waals surface area contributed by atoms with E-state index in [4.69, 9.17) is 11.6 Å². The molecule has 106 valence electrons. The molecule has 19 heavy (non-hydrogen) atoms. The Labute approximate surface area is 122 Å². The van der Waals surface area contributed by atoms with Gasteiger partial charge < -0.3 is 10.2 Å². The molecule has 0 heterocycles. The monoisotopic (exact) mass is 280 g/mol. The first-order chi connectivity index (χ1) is 9.11. The smallest absolute Gasteiger partial charge is 0.0406 e. The van der Waals surface area contributed by atoms with Crippen LogP contribution in [0.5, 0.6) is 0 Å². The van der Waals surface area contributed by atoms with Crippen molar-refractivity contribution in [3.8, 4) is 0 Å². The molecular formula is C16H25ClN2. The van der Waals surface area contributed by atoms with Crippen LogP contribution < -0.4 is 5.32 Å². The second-order valence-corrected chi connectivity index (χ2v) is 6.18. The van der Waals surface area contributed by atoms with E-state index in [1.807, 2.05) is 19.2 Å². The van der Waals surface area contributed by atoms with Gasteiger partial charge in [-0.2, -0.15) is 0 Å². The molecule has 2 atom stereocenters. The highest BCUT2D eigenvalue weighted by Crippen LogP contribution is 2.34. The largest absolute Gasteiger partial charge is 0.313 e. The zero-order valence-electron chi connectivity index (χ0n) is 12.2. The van der Waals surface area contributed by atoms with Gasteiger partial charge in [0.2, 0.25) is 0 Å². The molecule has 0 saturated heterocycles. The van der Waals surface area contributed by atoms with Gasteiger partial charge >= 0.3 is 0 Å². The van der Waals surface area contributed by atoms with E-state index < -0.39 is 0 Å². The Morgan fingerprint density at radius 2 is 1.95 bits per heavy atom. The van der Waals surface area contributed by atoms with Crippen LogP contribution in [0.2, 0.25) is 5.02 Å². The van der Waals surface area contributed by atoms with Crippen molar-refractivity contribution in [1.82, 2.24) is 10.2 Å². The summed E-state index contributed by atoms with van der Waals surface area (Å²) in [4.78, 5) is 2.50. The van der Waals surface area contributed by atoms with Gasteiger partial charge in [0.25, 0.3) is 0 Å². The summed E-state index contributed by atoms with van der Waals surface area (Å²) >= 11 is 5.94. The SMILES string of the molecule is CNC(CCN(C)C(C)C1CC1)c1ccc(Cl)cc1. The number of rotatable bonds is 7. The van der Waals surface area contributed by atoms with E-state index in [0.29, 0.717) is 6.04 Å². The molecule has 1 aliphatic carbocycles. The third-order valence-corrected chi connectivity index (χ3v) is 4.64. The predicted molar refractivity (Wildman–Crippen MR) is 82.7 cm³/mol. The highest BCUT2D eigenvalue weighted by atomic mass is 35.5. The van der Waals surface area contributed by atoms with Crippen LogP contribution in [0, 0.1) is 5.92 Å². The summed E-state index contributed by atoms with van der Waals surface area (Å²) in [5, 5.41) is 4.21. The minimum atomic E-state index is 0.408. The molecule has 0 bridgehead atoms. The first-order valence-electron chi connectivity index (χ1n) is 7.24. The zero-order valence-corrected chi connectivity index (χ0v) is 13.0. The van der Waals surface area contributed by atoms with Crippen LogP contribution in [-0.2, 0) is 0 Å². The minimum Gasteiger partial charge on any atom is -0.313 e. The number of hydrogen-bond donors (Lipinski definition) is 1. The fourth-order valence-corrected chi connectivity index (χ4v) is 2.77. The lowest BCUT2D eigenvalue weighted by molar-refractivity contribution is 0.223. The third-order valence-electron chi connectivity index (χ3n) is 4.39. The maximum atomic E-state index is 5.94. The van der Waals surface area contributed by atoms with E-state index in [1.54, 1.807) is 0 Å². The Morgan fingerprint density at radius 1 is 1.32 bits per heavy atom. The van der Waals surface area contributed by atoms with E-state index in [-0.39, 0.29) is 0 Å². The van der Waals surface area contributed by atoms with Gasteiger partial charge in [-0.1, -0.05) is 23.7 Å². The highest BCUT2D eigenvalue weighted by molar-refractivity contribution is 6.30. The number of nitrogens with one attached hydrogen (secondary N) is 1. The Morgan fingerprint density at radius 3 is 2.47 bits per heavy atom. The lowest BCUT2D eigenvalue weighted by atomic mass is 10.0. The van der Waals surface area contributed by atoms with Crippen molar-refractivity contribution in [2.45, 2.75) is 38.3 Å². The third kappa shape index (κ3) is 4.20. The average molecular weight is 281 g/mol. The standard InChI is InChI=1S/C16H25ClN2/c1-12(13-4-5-13)19(3)11-10-16(18-2)14-6-8-15(17)9-7-14/h6-9,12-13,16,18H,4-5,10-11H2,1-3H3. The van der Waals surface area contributed by atoms with Crippen molar-refractivity contribution in [3.63, 3.8) is 0 Å². The van der Waals surface area contributed by atoms with Crippen LogP contribution >= 0.6 is 11.6 Å². The molecule has 1 N–H and O–H groups in total. The molecule has 0 aliphatic heterocycles. The lowest BCUT2D eigenvalue weighted by Crippen LogP contribution is -2.33. The summed E-state index contributed by atoms with van der Waals surface area (Å²) in [7, 11) is 4.28. The maximum Gasteiger partial charge on any atom is 0.0406 e. The molecule has 0 aromatic heterocycles. The van der Waals surface area contributed by atoms with Crippen LogP contribution in [0.4, 0.5) is 0 Å². The topological polar surface area (TPSA) is 15.3 Å². The molecule has 2 nitrogen and oxygen atoms in total. The Hall–Kier alpha value is -0.570. The number of hydrogen-bond acceptors (Lipinski definition) is 2.